The topological polar surface area (TPSA) is 38.5 Å². The van der Waals surface area contributed by atoms with Gasteiger partial charge in [0.25, 0.3) is 0 Å². The molecule has 1 aromatic carbocycles. The fraction of sp³-hybridized carbons (Fsp3) is 0.571. The van der Waals surface area contributed by atoms with Gasteiger partial charge in [-0.3, -0.25) is 0 Å². The zero-order valence-electron chi connectivity index (χ0n) is 10.4. The van der Waals surface area contributed by atoms with Crippen molar-refractivity contribution in [2.24, 2.45) is 0 Å². The maximum absolute atomic E-state index is 6.16. The van der Waals surface area contributed by atoms with Crippen LogP contribution in [0.25, 0.3) is 0 Å². The smallest absolute Gasteiger partial charge is 0.0779 e. The summed E-state index contributed by atoms with van der Waals surface area (Å²) in [5.41, 5.74) is 8.18. The van der Waals surface area contributed by atoms with Crippen LogP contribution in [0.5, 0.6) is 0 Å². The highest BCUT2D eigenvalue weighted by Gasteiger charge is 2.34. The Morgan fingerprint density at radius 1 is 1.28 bits per heavy atom. The Balaban J connectivity index is 1.89. The van der Waals surface area contributed by atoms with Gasteiger partial charge in [-0.25, -0.2) is 0 Å². The molecule has 0 radical (unpaired) electrons. The van der Waals surface area contributed by atoms with E-state index in [9.17, 15) is 0 Å². The fourth-order valence-corrected chi connectivity index (χ4v) is 3.56. The van der Waals surface area contributed by atoms with Crippen molar-refractivity contribution in [3.63, 3.8) is 0 Å². The summed E-state index contributed by atoms with van der Waals surface area (Å²) in [7, 11) is 0. The molecule has 18 heavy (non-hydrogen) atoms. The second kappa shape index (κ2) is 5.10. The average Bonchev–Trinajstić information content (AvgIpc) is 2.38. The van der Waals surface area contributed by atoms with Gasteiger partial charge in [0, 0.05) is 11.0 Å². The Labute approximate surface area is 116 Å². The van der Waals surface area contributed by atoms with Gasteiger partial charge in [0.05, 0.1) is 30.1 Å². The Morgan fingerprint density at radius 2 is 2.11 bits per heavy atom. The van der Waals surface area contributed by atoms with Crippen LogP contribution in [-0.4, -0.2) is 25.3 Å². The number of benzene rings is 1. The Kier molecular flexibility index (Phi) is 3.48. The molecule has 2 fully saturated rings. The van der Waals surface area contributed by atoms with E-state index >= 15 is 0 Å². The average molecular weight is 311 g/mol. The Hall–Kier alpha value is -0.740. The highest BCUT2D eigenvalue weighted by atomic mass is 79.9. The molecule has 1 aliphatic carbocycles. The summed E-state index contributed by atoms with van der Waals surface area (Å²) in [5.74, 6) is 0. The van der Waals surface area contributed by atoms with Gasteiger partial charge >= 0.3 is 0 Å². The molecule has 1 heterocycles. The Bertz CT molecular complexity index is 436. The minimum atomic E-state index is 0.399. The molecule has 3 rings (SSSR count). The molecule has 2 unspecified atom stereocenters. The summed E-state index contributed by atoms with van der Waals surface area (Å²) in [6.07, 6.45) is 5.41. The summed E-state index contributed by atoms with van der Waals surface area (Å²) in [6, 6.07) is 6.69. The van der Waals surface area contributed by atoms with Crippen LogP contribution < -0.4 is 10.6 Å². The lowest BCUT2D eigenvalue weighted by atomic mass is 9.89. The third kappa shape index (κ3) is 2.24. The van der Waals surface area contributed by atoms with E-state index < -0.39 is 0 Å². The molecular weight excluding hydrogens is 292 g/mol. The van der Waals surface area contributed by atoms with E-state index in [2.05, 4.69) is 33.0 Å². The second-order valence-electron chi connectivity index (χ2n) is 5.16. The SMILES string of the molecule is Nc1cc(Br)ccc1N1CCOC2CCCCC21. The minimum Gasteiger partial charge on any atom is -0.397 e. The Morgan fingerprint density at radius 3 is 2.94 bits per heavy atom. The van der Waals surface area contributed by atoms with Crippen molar-refractivity contribution in [1.29, 1.82) is 0 Å². The van der Waals surface area contributed by atoms with Crippen molar-refractivity contribution in [1.82, 2.24) is 0 Å². The van der Waals surface area contributed by atoms with E-state index in [0.29, 0.717) is 12.1 Å². The number of morpholine rings is 1. The molecule has 0 aromatic heterocycles. The summed E-state index contributed by atoms with van der Waals surface area (Å²) in [5, 5.41) is 0. The minimum absolute atomic E-state index is 0.399. The number of nitrogens with two attached hydrogens (primary N) is 1. The van der Waals surface area contributed by atoms with Gasteiger partial charge in [0.15, 0.2) is 0 Å². The van der Waals surface area contributed by atoms with Crippen LogP contribution in [0.1, 0.15) is 25.7 Å². The normalized spacial score (nSPS) is 27.9. The van der Waals surface area contributed by atoms with Crippen LogP contribution >= 0.6 is 15.9 Å². The van der Waals surface area contributed by atoms with Crippen molar-refractivity contribution < 1.29 is 4.74 Å². The van der Waals surface area contributed by atoms with Crippen molar-refractivity contribution in [3.8, 4) is 0 Å². The maximum atomic E-state index is 6.16. The molecule has 0 bridgehead atoms. The van der Waals surface area contributed by atoms with Crippen molar-refractivity contribution >= 4 is 27.3 Å². The zero-order chi connectivity index (χ0) is 12.5. The molecule has 1 aromatic rings. The standard InChI is InChI=1S/C14H19BrN2O/c15-10-5-6-12(11(16)9-10)17-7-8-18-14-4-2-1-3-13(14)17/h5-6,9,13-14H,1-4,7-8,16H2. The summed E-state index contributed by atoms with van der Waals surface area (Å²) < 4.78 is 6.94. The number of halogens is 1. The van der Waals surface area contributed by atoms with Crippen LogP contribution in [0.15, 0.2) is 22.7 Å². The first kappa shape index (κ1) is 12.3. The molecule has 0 spiro atoms. The van der Waals surface area contributed by atoms with Crippen molar-refractivity contribution in [2.45, 2.75) is 37.8 Å². The number of anilines is 2. The number of fused-ring (bicyclic) bond motifs is 1. The molecule has 1 saturated heterocycles. The predicted octanol–water partition coefficient (Wildman–Crippen LogP) is 3.18. The number of nitrogens with zero attached hydrogens (tertiary/aromatic N) is 1. The summed E-state index contributed by atoms with van der Waals surface area (Å²) in [4.78, 5) is 2.45. The largest absolute Gasteiger partial charge is 0.397 e. The van der Waals surface area contributed by atoms with Gasteiger partial charge in [-0.1, -0.05) is 28.8 Å². The maximum Gasteiger partial charge on any atom is 0.0779 e. The lowest BCUT2D eigenvalue weighted by Crippen LogP contribution is -2.53. The van der Waals surface area contributed by atoms with Gasteiger partial charge in [0.2, 0.25) is 0 Å². The van der Waals surface area contributed by atoms with Gasteiger partial charge in [0.1, 0.15) is 0 Å². The number of nitrogen functional groups attached to an aromatic ring is 1. The fourth-order valence-electron chi connectivity index (χ4n) is 3.18. The van der Waals surface area contributed by atoms with Crippen LogP contribution in [0, 0.1) is 0 Å². The van der Waals surface area contributed by atoms with Gasteiger partial charge in [-0.05, 0) is 31.0 Å². The molecular formula is C14H19BrN2O. The molecule has 2 atom stereocenters. The zero-order valence-corrected chi connectivity index (χ0v) is 12.0. The third-order valence-corrected chi connectivity index (χ3v) is 4.52. The summed E-state index contributed by atoms with van der Waals surface area (Å²) >= 11 is 3.47. The van der Waals surface area contributed by atoms with E-state index in [0.717, 1.165) is 23.3 Å². The molecule has 2 N–H and O–H groups in total. The van der Waals surface area contributed by atoms with E-state index in [1.807, 2.05) is 6.07 Å². The van der Waals surface area contributed by atoms with Gasteiger partial charge in [-0.2, -0.15) is 0 Å². The molecule has 1 saturated carbocycles. The predicted molar refractivity (Wildman–Crippen MR) is 77.9 cm³/mol. The number of hydrogen-bond acceptors (Lipinski definition) is 3. The molecule has 2 aliphatic rings. The van der Waals surface area contributed by atoms with Gasteiger partial charge < -0.3 is 15.4 Å². The first-order chi connectivity index (χ1) is 8.75. The van der Waals surface area contributed by atoms with Crippen LogP contribution in [0.4, 0.5) is 11.4 Å². The number of hydrogen-bond donors (Lipinski definition) is 1. The van der Waals surface area contributed by atoms with Crippen LogP contribution in [-0.2, 0) is 4.74 Å². The molecule has 4 heteroatoms. The number of ether oxygens (including phenoxy) is 1. The molecule has 3 nitrogen and oxygen atoms in total. The van der Waals surface area contributed by atoms with Crippen LogP contribution in [0.2, 0.25) is 0 Å². The first-order valence-corrected chi connectivity index (χ1v) is 7.48. The highest BCUT2D eigenvalue weighted by molar-refractivity contribution is 9.10. The molecule has 1 aliphatic heterocycles. The van der Waals surface area contributed by atoms with Crippen molar-refractivity contribution in [3.05, 3.63) is 22.7 Å². The number of rotatable bonds is 1. The lowest BCUT2D eigenvalue weighted by Gasteiger charge is -2.45. The summed E-state index contributed by atoms with van der Waals surface area (Å²) in [6.45, 7) is 1.77. The van der Waals surface area contributed by atoms with E-state index in [1.54, 1.807) is 0 Å². The monoisotopic (exact) mass is 310 g/mol. The van der Waals surface area contributed by atoms with E-state index in [-0.39, 0.29) is 0 Å². The molecule has 0 amide bonds. The first-order valence-electron chi connectivity index (χ1n) is 6.69. The van der Waals surface area contributed by atoms with E-state index in [4.69, 9.17) is 10.5 Å². The third-order valence-electron chi connectivity index (χ3n) is 4.03. The quantitative estimate of drug-likeness (QED) is 0.810. The van der Waals surface area contributed by atoms with Gasteiger partial charge in [-0.15, -0.1) is 0 Å². The highest BCUT2D eigenvalue weighted by Crippen LogP contribution is 2.35. The van der Waals surface area contributed by atoms with E-state index in [1.165, 1.54) is 31.4 Å². The molecule has 98 valence electrons. The van der Waals surface area contributed by atoms with Crippen LogP contribution in [0.3, 0.4) is 0 Å². The lowest BCUT2D eigenvalue weighted by molar-refractivity contribution is -0.00862. The second-order valence-corrected chi connectivity index (χ2v) is 6.07. The van der Waals surface area contributed by atoms with Crippen molar-refractivity contribution in [2.75, 3.05) is 23.8 Å².